The number of rotatable bonds is 5. The summed E-state index contributed by atoms with van der Waals surface area (Å²) in [5.74, 6) is 0.448. The molecule has 8 heteroatoms. The Labute approximate surface area is 176 Å². The van der Waals surface area contributed by atoms with Gasteiger partial charge in [-0.1, -0.05) is 40.6 Å². The highest BCUT2D eigenvalue weighted by molar-refractivity contribution is 7.22. The molecule has 1 aliphatic rings. The van der Waals surface area contributed by atoms with E-state index in [1.165, 1.54) is 11.3 Å². The van der Waals surface area contributed by atoms with Crippen LogP contribution in [0.2, 0.25) is 10.0 Å². The molecule has 1 aromatic heterocycles. The van der Waals surface area contributed by atoms with Gasteiger partial charge >= 0.3 is 0 Å². The lowest BCUT2D eigenvalue weighted by molar-refractivity contribution is 0.0917. The minimum absolute atomic E-state index is 0.0241. The van der Waals surface area contributed by atoms with Crippen molar-refractivity contribution in [1.82, 2.24) is 4.98 Å². The lowest BCUT2D eigenvalue weighted by Crippen LogP contribution is -2.37. The van der Waals surface area contributed by atoms with Gasteiger partial charge in [0, 0.05) is 11.6 Å². The number of para-hydroxylation sites is 1. The van der Waals surface area contributed by atoms with Gasteiger partial charge < -0.3 is 9.47 Å². The van der Waals surface area contributed by atoms with Crippen molar-refractivity contribution >= 4 is 55.8 Å². The van der Waals surface area contributed by atoms with Crippen LogP contribution in [0.5, 0.6) is 5.75 Å². The Hall–Kier alpha value is -1.86. The number of nitrogens with zero attached hydrogens (tertiary/aromatic N) is 2. The topological polar surface area (TPSA) is 51.7 Å². The van der Waals surface area contributed by atoms with Crippen LogP contribution in [0.4, 0.5) is 5.13 Å². The standard InChI is InChI=1S/C20H18Cl2N2O3S/c1-26-16-5-2-6-17-18(16)23-20(28-17)24(11-13-4-3-9-27-13)19(25)14-8-7-12(21)10-15(14)22/h2,5-8,10,13H,3-4,9,11H2,1H3. The first-order chi connectivity index (χ1) is 13.6. The minimum atomic E-state index is -0.227. The number of carbonyl (C=O) groups is 1. The highest BCUT2D eigenvalue weighted by Gasteiger charge is 2.28. The van der Waals surface area contributed by atoms with Crippen molar-refractivity contribution in [2.45, 2.75) is 18.9 Å². The summed E-state index contributed by atoms with van der Waals surface area (Å²) in [5, 5.41) is 1.39. The van der Waals surface area contributed by atoms with Crippen LogP contribution in [0.25, 0.3) is 10.2 Å². The van der Waals surface area contributed by atoms with Crippen molar-refractivity contribution in [3.63, 3.8) is 0 Å². The summed E-state index contributed by atoms with van der Waals surface area (Å²) in [4.78, 5) is 19.7. The van der Waals surface area contributed by atoms with Gasteiger partial charge in [-0.15, -0.1) is 0 Å². The van der Waals surface area contributed by atoms with Gasteiger partial charge in [0.05, 0.1) is 35.0 Å². The fourth-order valence-electron chi connectivity index (χ4n) is 3.24. The van der Waals surface area contributed by atoms with Crippen molar-refractivity contribution in [3.05, 3.63) is 52.0 Å². The van der Waals surface area contributed by atoms with E-state index in [4.69, 9.17) is 37.7 Å². The average Bonchev–Trinajstić information content (AvgIpc) is 3.34. The number of hydrogen-bond acceptors (Lipinski definition) is 5. The van der Waals surface area contributed by atoms with E-state index in [0.717, 1.165) is 23.1 Å². The molecule has 2 heterocycles. The molecule has 0 saturated carbocycles. The number of thiazole rings is 1. The van der Waals surface area contributed by atoms with Gasteiger partial charge in [-0.3, -0.25) is 9.69 Å². The first-order valence-corrected chi connectivity index (χ1v) is 10.5. The van der Waals surface area contributed by atoms with Gasteiger partial charge in [0.2, 0.25) is 0 Å². The molecule has 0 N–H and O–H groups in total. The molecule has 1 atom stereocenters. The first kappa shape index (κ1) is 19.5. The van der Waals surface area contributed by atoms with Gasteiger partial charge in [0.1, 0.15) is 11.3 Å². The predicted molar refractivity (Wildman–Crippen MR) is 113 cm³/mol. The second-order valence-corrected chi connectivity index (χ2v) is 8.33. The van der Waals surface area contributed by atoms with Gasteiger partial charge in [0.25, 0.3) is 5.91 Å². The van der Waals surface area contributed by atoms with Crippen LogP contribution in [0.3, 0.4) is 0 Å². The molecule has 1 saturated heterocycles. The minimum Gasteiger partial charge on any atom is -0.494 e. The largest absolute Gasteiger partial charge is 0.494 e. The smallest absolute Gasteiger partial charge is 0.261 e. The Morgan fingerprint density at radius 2 is 2.21 bits per heavy atom. The number of methoxy groups -OCH3 is 1. The summed E-state index contributed by atoms with van der Waals surface area (Å²) in [6.07, 6.45) is 1.87. The highest BCUT2D eigenvalue weighted by Crippen LogP contribution is 2.36. The van der Waals surface area contributed by atoms with Gasteiger partial charge in [0.15, 0.2) is 5.13 Å². The molecule has 1 amide bonds. The van der Waals surface area contributed by atoms with E-state index in [1.807, 2.05) is 18.2 Å². The third-order valence-corrected chi connectivity index (χ3v) is 6.23. The SMILES string of the molecule is COc1cccc2sc(N(CC3CCCO3)C(=O)c3ccc(Cl)cc3Cl)nc12. The lowest BCUT2D eigenvalue weighted by atomic mass is 10.1. The van der Waals surface area contributed by atoms with Crippen molar-refractivity contribution in [3.8, 4) is 5.75 Å². The Bertz CT molecular complexity index is 1020. The van der Waals surface area contributed by atoms with Gasteiger partial charge in [-0.05, 0) is 43.2 Å². The fourth-order valence-corrected chi connectivity index (χ4v) is 4.72. The molecule has 2 aromatic carbocycles. The molecular formula is C20H18Cl2N2O3S. The van der Waals surface area contributed by atoms with E-state index in [2.05, 4.69) is 0 Å². The van der Waals surface area contributed by atoms with Gasteiger partial charge in [-0.2, -0.15) is 0 Å². The van der Waals surface area contributed by atoms with Crippen LogP contribution in [0, 0.1) is 0 Å². The molecule has 0 bridgehead atoms. The fraction of sp³-hybridized carbons (Fsp3) is 0.300. The van der Waals surface area contributed by atoms with E-state index in [1.54, 1.807) is 30.2 Å². The number of benzene rings is 2. The number of halogens is 2. The van der Waals surface area contributed by atoms with Crippen LogP contribution in [-0.4, -0.2) is 37.3 Å². The predicted octanol–water partition coefficient (Wildman–Crippen LogP) is 5.44. The third-order valence-electron chi connectivity index (χ3n) is 4.64. The molecule has 0 aliphatic carbocycles. The average molecular weight is 437 g/mol. The Morgan fingerprint density at radius 1 is 1.36 bits per heavy atom. The maximum absolute atomic E-state index is 13.4. The summed E-state index contributed by atoms with van der Waals surface area (Å²) in [6.45, 7) is 1.13. The Kier molecular flexibility index (Phi) is 5.73. The number of aromatic nitrogens is 1. The zero-order chi connectivity index (χ0) is 19.7. The summed E-state index contributed by atoms with van der Waals surface area (Å²) in [7, 11) is 1.61. The van der Waals surface area contributed by atoms with Crippen LogP contribution in [-0.2, 0) is 4.74 Å². The Morgan fingerprint density at radius 3 is 2.93 bits per heavy atom. The van der Waals surface area contributed by atoms with Gasteiger partial charge in [-0.25, -0.2) is 4.98 Å². The zero-order valence-corrected chi connectivity index (χ0v) is 17.5. The maximum atomic E-state index is 13.4. The Balaban J connectivity index is 1.75. The van der Waals surface area contributed by atoms with Crippen LogP contribution < -0.4 is 9.64 Å². The van der Waals surface area contributed by atoms with Crippen molar-refractivity contribution in [2.24, 2.45) is 0 Å². The lowest BCUT2D eigenvalue weighted by Gasteiger charge is -2.23. The number of ether oxygens (including phenoxy) is 2. The third kappa shape index (κ3) is 3.82. The van der Waals surface area contributed by atoms with E-state index in [0.29, 0.717) is 39.6 Å². The second kappa shape index (κ2) is 8.25. The van der Waals surface area contributed by atoms with Crippen molar-refractivity contribution in [2.75, 3.05) is 25.2 Å². The molecule has 28 heavy (non-hydrogen) atoms. The van der Waals surface area contributed by atoms with Crippen LogP contribution in [0.15, 0.2) is 36.4 Å². The molecule has 146 valence electrons. The first-order valence-electron chi connectivity index (χ1n) is 8.89. The quantitative estimate of drug-likeness (QED) is 0.534. The number of fused-ring (bicyclic) bond motifs is 1. The molecule has 1 unspecified atom stereocenters. The molecule has 4 rings (SSSR count). The summed E-state index contributed by atoms with van der Waals surface area (Å²) >= 11 is 13.7. The summed E-state index contributed by atoms with van der Waals surface area (Å²) < 4.78 is 12.1. The number of anilines is 1. The van der Waals surface area contributed by atoms with E-state index >= 15 is 0 Å². The summed E-state index contributed by atoms with van der Waals surface area (Å²) in [5.41, 5.74) is 1.12. The molecular weight excluding hydrogens is 419 g/mol. The number of amides is 1. The highest BCUT2D eigenvalue weighted by atomic mass is 35.5. The molecule has 3 aromatic rings. The molecule has 1 fully saturated rings. The van der Waals surface area contributed by atoms with Crippen molar-refractivity contribution in [1.29, 1.82) is 0 Å². The maximum Gasteiger partial charge on any atom is 0.261 e. The number of carbonyl (C=O) groups excluding carboxylic acids is 1. The van der Waals surface area contributed by atoms with E-state index in [-0.39, 0.29) is 12.0 Å². The van der Waals surface area contributed by atoms with Crippen molar-refractivity contribution < 1.29 is 14.3 Å². The monoisotopic (exact) mass is 436 g/mol. The molecule has 0 spiro atoms. The molecule has 1 aliphatic heterocycles. The van der Waals surface area contributed by atoms with E-state index < -0.39 is 0 Å². The van der Waals surface area contributed by atoms with Crippen LogP contribution >= 0.6 is 34.5 Å². The normalized spacial score (nSPS) is 16.5. The molecule has 5 nitrogen and oxygen atoms in total. The van der Waals surface area contributed by atoms with E-state index in [9.17, 15) is 4.79 Å². The zero-order valence-electron chi connectivity index (χ0n) is 15.2. The summed E-state index contributed by atoms with van der Waals surface area (Å²) in [6, 6.07) is 10.6. The van der Waals surface area contributed by atoms with Crippen LogP contribution in [0.1, 0.15) is 23.2 Å². The second-order valence-electron chi connectivity index (χ2n) is 6.48. The molecule has 0 radical (unpaired) electrons. The number of hydrogen-bond donors (Lipinski definition) is 0.